The fourth-order valence-electron chi connectivity index (χ4n) is 2.67. The van der Waals surface area contributed by atoms with Gasteiger partial charge in [-0.1, -0.05) is 17.7 Å². The lowest BCUT2D eigenvalue weighted by Crippen LogP contribution is -2.46. The van der Waals surface area contributed by atoms with Crippen molar-refractivity contribution in [1.29, 1.82) is 0 Å². The van der Waals surface area contributed by atoms with Crippen molar-refractivity contribution in [3.63, 3.8) is 0 Å². The van der Waals surface area contributed by atoms with Gasteiger partial charge in [-0.3, -0.25) is 4.79 Å². The standard InChI is InChI=1S/C13H16N2O/c1-9-2-4-10(5-3-9)13(16)15-8-11-6-12(15)7-14-11/h2-5,11-12,14H,6-8H2,1H3. The molecule has 2 heterocycles. The van der Waals surface area contributed by atoms with Gasteiger partial charge in [0.15, 0.2) is 0 Å². The van der Waals surface area contributed by atoms with Crippen molar-refractivity contribution in [3.05, 3.63) is 35.4 Å². The molecule has 2 aliphatic rings. The monoisotopic (exact) mass is 216 g/mol. The molecule has 0 spiro atoms. The van der Waals surface area contributed by atoms with Crippen LogP contribution in [0.1, 0.15) is 22.3 Å². The summed E-state index contributed by atoms with van der Waals surface area (Å²) in [5.74, 6) is 0.189. The quantitative estimate of drug-likeness (QED) is 0.764. The van der Waals surface area contributed by atoms with Gasteiger partial charge < -0.3 is 10.2 Å². The number of piperazine rings is 1. The van der Waals surface area contributed by atoms with Crippen LogP contribution in [0.25, 0.3) is 0 Å². The summed E-state index contributed by atoms with van der Waals surface area (Å²) in [6, 6.07) is 8.80. The molecule has 0 saturated carbocycles. The molecule has 2 aliphatic heterocycles. The van der Waals surface area contributed by atoms with Crippen molar-refractivity contribution in [2.75, 3.05) is 13.1 Å². The summed E-state index contributed by atoms with van der Waals surface area (Å²) in [5.41, 5.74) is 2.01. The van der Waals surface area contributed by atoms with Crippen molar-refractivity contribution in [3.8, 4) is 0 Å². The Kier molecular flexibility index (Phi) is 2.21. The molecule has 2 atom stereocenters. The number of carbonyl (C=O) groups excluding carboxylic acids is 1. The third-order valence-corrected chi connectivity index (χ3v) is 3.62. The SMILES string of the molecule is Cc1ccc(C(=O)N2CC3CC2CN3)cc1. The molecule has 3 heteroatoms. The van der Waals surface area contributed by atoms with Crippen molar-refractivity contribution < 1.29 is 4.79 Å². The number of rotatable bonds is 1. The topological polar surface area (TPSA) is 32.3 Å². The molecular weight excluding hydrogens is 200 g/mol. The van der Waals surface area contributed by atoms with Gasteiger partial charge in [0.25, 0.3) is 5.91 Å². The maximum absolute atomic E-state index is 12.2. The second-order valence-electron chi connectivity index (χ2n) is 4.82. The Morgan fingerprint density at radius 3 is 2.69 bits per heavy atom. The lowest BCUT2D eigenvalue weighted by molar-refractivity contribution is 0.0716. The van der Waals surface area contributed by atoms with Crippen LogP contribution in [-0.2, 0) is 0 Å². The molecule has 1 amide bonds. The average molecular weight is 216 g/mol. The van der Waals surface area contributed by atoms with Crippen LogP contribution in [0.3, 0.4) is 0 Å². The zero-order valence-corrected chi connectivity index (χ0v) is 9.44. The maximum Gasteiger partial charge on any atom is 0.254 e. The van der Waals surface area contributed by atoms with Gasteiger partial charge in [-0.25, -0.2) is 0 Å². The Hall–Kier alpha value is -1.35. The Labute approximate surface area is 95.4 Å². The Balaban J connectivity index is 1.80. The van der Waals surface area contributed by atoms with Crippen molar-refractivity contribution in [2.45, 2.75) is 25.4 Å². The number of nitrogens with zero attached hydrogens (tertiary/aromatic N) is 1. The molecular formula is C13H16N2O. The summed E-state index contributed by atoms with van der Waals surface area (Å²) in [4.78, 5) is 14.3. The lowest BCUT2D eigenvalue weighted by Gasteiger charge is -2.27. The molecule has 1 aromatic rings. The molecule has 0 radical (unpaired) electrons. The van der Waals surface area contributed by atoms with E-state index in [-0.39, 0.29) is 5.91 Å². The van der Waals surface area contributed by atoms with Gasteiger partial charge in [0.1, 0.15) is 0 Å². The summed E-state index contributed by atoms with van der Waals surface area (Å²) in [5, 5.41) is 3.41. The van der Waals surface area contributed by atoms with E-state index in [2.05, 4.69) is 5.32 Å². The maximum atomic E-state index is 12.2. The van der Waals surface area contributed by atoms with Crippen LogP contribution >= 0.6 is 0 Å². The Morgan fingerprint density at radius 1 is 1.38 bits per heavy atom. The molecule has 3 nitrogen and oxygen atoms in total. The van der Waals surface area contributed by atoms with Gasteiger partial charge in [-0.15, -0.1) is 0 Å². The minimum atomic E-state index is 0.189. The number of fused-ring (bicyclic) bond motifs is 2. The minimum absolute atomic E-state index is 0.189. The number of hydrogen-bond donors (Lipinski definition) is 1. The average Bonchev–Trinajstić information content (AvgIpc) is 2.91. The van der Waals surface area contributed by atoms with Crippen LogP contribution in [0.5, 0.6) is 0 Å². The second-order valence-corrected chi connectivity index (χ2v) is 4.82. The highest BCUT2D eigenvalue weighted by Crippen LogP contribution is 2.25. The zero-order valence-electron chi connectivity index (χ0n) is 9.44. The van der Waals surface area contributed by atoms with Crippen molar-refractivity contribution >= 4 is 5.91 Å². The summed E-state index contributed by atoms with van der Waals surface area (Å²) < 4.78 is 0. The summed E-state index contributed by atoms with van der Waals surface area (Å²) in [6.07, 6.45) is 1.12. The second kappa shape index (κ2) is 3.59. The van der Waals surface area contributed by atoms with Gasteiger partial charge in [0, 0.05) is 30.7 Å². The molecule has 3 rings (SSSR count). The molecule has 0 aromatic heterocycles. The molecule has 2 bridgehead atoms. The van der Waals surface area contributed by atoms with E-state index in [0.29, 0.717) is 12.1 Å². The zero-order chi connectivity index (χ0) is 11.1. The van der Waals surface area contributed by atoms with E-state index in [1.807, 2.05) is 36.1 Å². The Bertz CT molecular complexity index is 412. The van der Waals surface area contributed by atoms with E-state index in [1.165, 1.54) is 5.56 Å². The number of nitrogens with one attached hydrogen (secondary N) is 1. The number of benzene rings is 1. The predicted octanol–water partition coefficient (Wildman–Crippen LogP) is 1.18. The number of aryl methyl sites for hydroxylation is 1. The molecule has 1 N–H and O–H groups in total. The van der Waals surface area contributed by atoms with E-state index in [0.717, 1.165) is 25.1 Å². The number of amides is 1. The highest BCUT2D eigenvalue weighted by molar-refractivity contribution is 5.94. The van der Waals surface area contributed by atoms with Crippen LogP contribution in [0, 0.1) is 6.92 Å². The summed E-state index contributed by atoms with van der Waals surface area (Å²) in [7, 11) is 0. The first-order valence-electron chi connectivity index (χ1n) is 5.85. The van der Waals surface area contributed by atoms with Crippen molar-refractivity contribution in [1.82, 2.24) is 10.2 Å². The molecule has 2 unspecified atom stereocenters. The molecule has 0 aliphatic carbocycles. The predicted molar refractivity (Wildman–Crippen MR) is 62.4 cm³/mol. The van der Waals surface area contributed by atoms with E-state index in [4.69, 9.17) is 0 Å². The lowest BCUT2D eigenvalue weighted by atomic mass is 10.1. The van der Waals surface area contributed by atoms with Crippen LogP contribution in [0.4, 0.5) is 0 Å². The number of likely N-dealkylation sites (tertiary alicyclic amines) is 1. The third kappa shape index (κ3) is 1.52. The fraction of sp³-hybridized carbons (Fsp3) is 0.462. The van der Waals surface area contributed by atoms with E-state index < -0.39 is 0 Å². The molecule has 84 valence electrons. The fourth-order valence-corrected chi connectivity index (χ4v) is 2.67. The van der Waals surface area contributed by atoms with Gasteiger partial charge in [0.2, 0.25) is 0 Å². The summed E-state index contributed by atoms with van der Waals surface area (Å²) >= 11 is 0. The van der Waals surface area contributed by atoms with Gasteiger partial charge in [-0.05, 0) is 25.5 Å². The highest BCUT2D eigenvalue weighted by Gasteiger charge is 2.40. The minimum Gasteiger partial charge on any atom is -0.333 e. The molecule has 16 heavy (non-hydrogen) atoms. The number of hydrogen-bond acceptors (Lipinski definition) is 2. The smallest absolute Gasteiger partial charge is 0.254 e. The Morgan fingerprint density at radius 2 is 2.12 bits per heavy atom. The third-order valence-electron chi connectivity index (χ3n) is 3.62. The van der Waals surface area contributed by atoms with Crippen LogP contribution in [0.2, 0.25) is 0 Å². The normalized spacial score (nSPS) is 27.4. The van der Waals surface area contributed by atoms with Crippen molar-refractivity contribution in [2.24, 2.45) is 0 Å². The van der Waals surface area contributed by atoms with Crippen LogP contribution < -0.4 is 5.32 Å². The highest BCUT2D eigenvalue weighted by atomic mass is 16.2. The van der Waals surface area contributed by atoms with Gasteiger partial charge >= 0.3 is 0 Å². The van der Waals surface area contributed by atoms with Crippen LogP contribution in [-0.4, -0.2) is 36.0 Å². The van der Waals surface area contributed by atoms with E-state index in [9.17, 15) is 4.79 Å². The first kappa shape index (κ1) is 9.85. The van der Waals surface area contributed by atoms with Gasteiger partial charge in [-0.2, -0.15) is 0 Å². The molecule has 2 saturated heterocycles. The first-order chi connectivity index (χ1) is 7.74. The summed E-state index contributed by atoms with van der Waals surface area (Å²) in [6.45, 7) is 3.87. The number of carbonyl (C=O) groups is 1. The van der Waals surface area contributed by atoms with E-state index >= 15 is 0 Å². The first-order valence-corrected chi connectivity index (χ1v) is 5.85. The largest absolute Gasteiger partial charge is 0.333 e. The molecule has 1 aromatic carbocycles. The van der Waals surface area contributed by atoms with Crippen LogP contribution in [0.15, 0.2) is 24.3 Å². The molecule has 2 fully saturated rings. The van der Waals surface area contributed by atoms with Gasteiger partial charge in [0.05, 0.1) is 0 Å². The van der Waals surface area contributed by atoms with E-state index in [1.54, 1.807) is 0 Å².